The van der Waals surface area contributed by atoms with Crippen LogP contribution in [0.2, 0.25) is 0 Å². The Kier molecular flexibility index (Phi) is 5.09. The summed E-state index contributed by atoms with van der Waals surface area (Å²) in [5.41, 5.74) is 0. The quantitative estimate of drug-likeness (QED) is 0.612. The molecule has 0 aromatic carbocycles. The first-order chi connectivity index (χ1) is 8.30. The third-order valence-corrected chi connectivity index (χ3v) is 3.78. The van der Waals surface area contributed by atoms with Gasteiger partial charge in [-0.3, -0.25) is 4.79 Å². The standard InChI is InChI=1S/C10H17NO6S/c1-7(12)11-9(10(13)14)5-18(15,16)6-17-4-8-2-3-8/h8-9H,2-6H2,1H3,(H,11,12)(H,13,14). The van der Waals surface area contributed by atoms with E-state index in [0.717, 1.165) is 19.8 Å². The minimum absolute atomic E-state index is 0.386. The van der Waals surface area contributed by atoms with E-state index in [2.05, 4.69) is 5.32 Å². The van der Waals surface area contributed by atoms with Crippen LogP contribution in [0, 0.1) is 5.92 Å². The van der Waals surface area contributed by atoms with E-state index in [4.69, 9.17) is 9.84 Å². The van der Waals surface area contributed by atoms with Crippen LogP contribution in [0.1, 0.15) is 19.8 Å². The number of hydrogen-bond acceptors (Lipinski definition) is 5. The van der Waals surface area contributed by atoms with Crippen molar-refractivity contribution >= 4 is 21.7 Å². The maximum Gasteiger partial charge on any atom is 0.327 e. The van der Waals surface area contributed by atoms with E-state index in [9.17, 15) is 18.0 Å². The lowest BCUT2D eigenvalue weighted by Crippen LogP contribution is -2.45. The van der Waals surface area contributed by atoms with Crippen LogP contribution in [0.5, 0.6) is 0 Å². The highest BCUT2D eigenvalue weighted by molar-refractivity contribution is 7.91. The van der Waals surface area contributed by atoms with Crippen molar-refractivity contribution < 1.29 is 27.9 Å². The SMILES string of the molecule is CC(=O)NC(CS(=O)(=O)COCC1CC1)C(=O)O. The minimum Gasteiger partial charge on any atom is -0.480 e. The van der Waals surface area contributed by atoms with E-state index in [1.165, 1.54) is 0 Å². The van der Waals surface area contributed by atoms with E-state index in [0.29, 0.717) is 12.5 Å². The zero-order valence-corrected chi connectivity index (χ0v) is 10.9. The normalized spacial score (nSPS) is 17.2. The van der Waals surface area contributed by atoms with Gasteiger partial charge in [0.1, 0.15) is 12.0 Å². The molecule has 1 fully saturated rings. The van der Waals surface area contributed by atoms with Gasteiger partial charge >= 0.3 is 5.97 Å². The topological polar surface area (TPSA) is 110 Å². The molecule has 0 radical (unpaired) electrons. The second-order valence-corrected chi connectivity index (χ2v) is 6.49. The van der Waals surface area contributed by atoms with Crippen molar-refractivity contribution in [2.75, 3.05) is 18.3 Å². The van der Waals surface area contributed by atoms with E-state index in [1.807, 2.05) is 0 Å². The monoisotopic (exact) mass is 279 g/mol. The molecule has 1 aliphatic rings. The largest absolute Gasteiger partial charge is 0.480 e. The lowest BCUT2D eigenvalue weighted by molar-refractivity contribution is -0.140. The van der Waals surface area contributed by atoms with Crippen LogP contribution in [-0.2, 0) is 24.2 Å². The van der Waals surface area contributed by atoms with E-state index >= 15 is 0 Å². The van der Waals surface area contributed by atoms with Crippen LogP contribution in [0.4, 0.5) is 0 Å². The summed E-state index contributed by atoms with van der Waals surface area (Å²) < 4.78 is 28.2. The van der Waals surface area contributed by atoms with E-state index in [-0.39, 0.29) is 0 Å². The van der Waals surface area contributed by atoms with Crippen LogP contribution in [-0.4, -0.2) is 49.7 Å². The molecule has 2 N–H and O–H groups in total. The smallest absolute Gasteiger partial charge is 0.327 e. The van der Waals surface area contributed by atoms with E-state index < -0.39 is 39.4 Å². The van der Waals surface area contributed by atoms with Crippen LogP contribution in [0.3, 0.4) is 0 Å². The first-order valence-corrected chi connectivity index (χ1v) is 7.40. The second-order valence-electron chi connectivity index (χ2n) is 4.43. The predicted octanol–water partition coefficient (Wildman–Crippen LogP) is -0.625. The average Bonchev–Trinajstić information content (AvgIpc) is 2.99. The van der Waals surface area contributed by atoms with Crippen molar-refractivity contribution in [3.63, 3.8) is 0 Å². The number of carbonyl (C=O) groups excluding carboxylic acids is 1. The van der Waals surface area contributed by atoms with Gasteiger partial charge in [0.05, 0.1) is 12.4 Å². The highest BCUT2D eigenvalue weighted by atomic mass is 32.2. The number of carboxylic acids is 1. The van der Waals surface area contributed by atoms with Gasteiger partial charge in [-0.25, -0.2) is 13.2 Å². The molecular weight excluding hydrogens is 262 g/mol. The molecule has 1 unspecified atom stereocenters. The van der Waals surface area contributed by atoms with Crippen LogP contribution < -0.4 is 5.32 Å². The Labute approximate surface area is 105 Å². The summed E-state index contributed by atoms with van der Waals surface area (Å²) >= 11 is 0. The molecule has 0 heterocycles. The number of amides is 1. The Hall–Kier alpha value is -1.15. The van der Waals surface area contributed by atoms with Crippen molar-refractivity contribution in [3.8, 4) is 0 Å². The van der Waals surface area contributed by atoms with Crippen molar-refractivity contribution in [2.24, 2.45) is 5.92 Å². The molecule has 0 saturated heterocycles. The van der Waals surface area contributed by atoms with Crippen molar-refractivity contribution in [1.82, 2.24) is 5.32 Å². The number of carbonyl (C=O) groups is 2. The lowest BCUT2D eigenvalue weighted by atomic mass is 10.3. The number of ether oxygens (including phenoxy) is 1. The van der Waals surface area contributed by atoms with Gasteiger partial charge in [-0.2, -0.15) is 0 Å². The van der Waals surface area contributed by atoms with Gasteiger partial charge in [0.2, 0.25) is 5.91 Å². The molecule has 1 rings (SSSR count). The lowest BCUT2D eigenvalue weighted by Gasteiger charge is -2.13. The highest BCUT2D eigenvalue weighted by Gasteiger charge is 2.27. The third-order valence-electron chi connectivity index (χ3n) is 2.41. The minimum atomic E-state index is -3.66. The molecule has 104 valence electrons. The molecular formula is C10H17NO6S. The van der Waals surface area contributed by atoms with Gasteiger partial charge in [-0.1, -0.05) is 0 Å². The number of nitrogens with one attached hydrogen (secondary N) is 1. The zero-order chi connectivity index (χ0) is 13.8. The maximum absolute atomic E-state index is 11.6. The van der Waals surface area contributed by atoms with Gasteiger partial charge in [-0.15, -0.1) is 0 Å². The summed E-state index contributed by atoms with van der Waals surface area (Å²) in [5.74, 6) is -2.70. The first kappa shape index (κ1) is 14.9. The molecule has 0 aromatic heterocycles. The molecule has 0 aliphatic heterocycles. The molecule has 0 bridgehead atoms. The van der Waals surface area contributed by atoms with Gasteiger partial charge in [0, 0.05) is 6.92 Å². The summed E-state index contributed by atoms with van der Waals surface area (Å²) in [4.78, 5) is 21.5. The fourth-order valence-electron chi connectivity index (χ4n) is 1.35. The van der Waals surface area contributed by atoms with Crippen LogP contribution in [0.15, 0.2) is 0 Å². The molecule has 8 heteroatoms. The fourth-order valence-corrected chi connectivity index (χ4v) is 2.53. The summed E-state index contributed by atoms with van der Waals surface area (Å²) in [6, 6.07) is -1.43. The highest BCUT2D eigenvalue weighted by Crippen LogP contribution is 2.28. The van der Waals surface area contributed by atoms with Crippen molar-refractivity contribution in [3.05, 3.63) is 0 Å². The Balaban J connectivity index is 2.43. The second kappa shape index (κ2) is 6.14. The number of rotatable bonds is 8. The van der Waals surface area contributed by atoms with Crippen LogP contribution in [0.25, 0.3) is 0 Å². The third kappa shape index (κ3) is 5.97. The molecule has 7 nitrogen and oxygen atoms in total. The number of carboxylic acid groups (broad SMARTS) is 1. The Bertz CT molecular complexity index is 414. The van der Waals surface area contributed by atoms with Gasteiger partial charge in [0.25, 0.3) is 0 Å². The molecule has 1 aliphatic carbocycles. The molecule has 1 saturated carbocycles. The molecule has 1 atom stereocenters. The van der Waals surface area contributed by atoms with Gasteiger partial charge in [-0.05, 0) is 18.8 Å². The fraction of sp³-hybridized carbons (Fsp3) is 0.800. The van der Waals surface area contributed by atoms with E-state index in [1.54, 1.807) is 0 Å². The Morgan fingerprint density at radius 3 is 2.50 bits per heavy atom. The Morgan fingerprint density at radius 2 is 2.06 bits per heavy atom. The molecule has 18 heavy (non-hydrogen) atoms. The van der Waals surface area contributed by atoms with Gasteiger partial charge in [0.15, 0.2) is 9.84 Å². The Morgan fingerprint density at radius 1 is 1.44 bits per heavy atom. The summed E-state index contributed by atoms with van der Waals surface area (Å²) in [6.45, 7) is 1.52. The number of hydrogen-bond donors (Lipinski definition) is 2. The first-order valence-electron chi connectivity index (χ1n) is 5.58. The maximum atomic E-state index is 11.6. The summed E-state index contributed by atoms with van der Waals surface area (Å²) in [5, 5.41) is 10.9. The summed E-state index contributed by atoms with van der Waals surface area (Å²) in [6.07, 6.45) is 2.09. The summed E-state index contributed by atoms with van der Waals surface area (Å²) in [7, 11) is -3.66. The zero-order valence-electron chi connectivity index (χ0n) is 10.1. The van der Waals surface area contributed by atoms with Crippen molar-refractivity contribution in [2.45, 2.75) is 25.8 Å². The molecule has 1 amide bonds. The average molecular weight is 279 g/mol. The van der Waals surface area contributed by atoms with Crippen LogP contribution >= 0.6 is 0 Å². The molecule has 0 spiro atoms. The molecule has 0 aromatic rings. The number of sulfone groups is 1. The van der Waals surface area contributed by atoms with Crippen molar-refractivity contribution in [1.29, 1.82) is 0 Å². The van der Waals surface area contributed by atoms with Gasteiger partial charge < -0.3 is 15.2 Å². The number of aliphatic carboxylic acids is 1. The predicted molar refractivity (Wildman–Crippen MR) is 62.6 cm³/mol.